The molecule has 0 aliphatic carbocycles. The second-order valence-electron chi connectivity index (χ2n) is 5.94. The Morgan fingerprint density at radius 3 is 2.71 bits per heavy atom. The van der Waals surface area contributed by atoms with Crippen molar-refractivity contribution in [2.24, 2.45) is 7.05 Å². The van der Waals surface area contributed by atoms with E-state index in [1.165, 1.54) is 18.4 Å². The van der Waals surface area contributed by atoms with E-state index in [2.05, 4.69) is 41.3 Å². The van der Waals surface area contributed by atoms with Crippen LogP contribution in [-0.4, -0.2) is 22.1 Å². The minimum atomic E-state index is 0.0753. The van der Waals surface area contributed by atoms with Gasteiger partial charge in [0, 0.05) is 31.9 Å². The van der Waals surface area contributed by atoms with Gasteiger partial charge in [0.1, 0.15) is 0 Å². The summed E-state index contributed by atoms with van der Waals surface area (Å²) < 4.78 is 1.62. The van der Waals surface area contributed by atoms with E-state index >= 15 is 0 Å². The van der Waals surface area contributed by atoms with Crippen molar-refractivity contribution in [3.8, 4) is 0 Å². The standard InChI is InChI=1S/C18H22N2O/c1-19-11-9-16(13-18(19)21)14-20-10-5-8-17(20)12-15-6-3-2-4-7-15/h2-4,6-7,9,11,13,17H,5,8,10,12,14H2,1H3/t17-/m0/s1. The monoisotopic (exact) mass is 282 g/mol. The molecule has 0 saturated carbocycles. The Balaban J connectivity index is 1.69. The van der Waals surface area contributed by atoms with E-state index in [9.17, 15) is 4.79 Å². The number of benzene rings is 1. The third-order valence-electron chi connectivity index (χ3n) is 4.37. The fraction of sp³-hybridized carbons (Fsp3) is 0.389. The van der Waals surface area contributed by atoms with Crippen LogP contribution in [0.15, 0.2) is 53.5 Å². The van der Waals surface area contributed by atoms with Gasteiger partial charge in [0.15, 0.2) is 0 Å². The fourth-order valence-corrected chi connectivity index (χ4v) is 3.14. The van der Waals surface area contributed by atoms with E-state index in [0.29, 0.717) is 6.04 Å². The number of likely N-dealkylation sites (tertiary alicyclic amines) is 1. The molecular formula is C18H22N2O. The summed E-state index contributed by atoms with van der Waals surface area (Å²) in [6, 6.07) is 15.1. The molecule has 0 amide bonds. The van der Waals surface area contributed by atoms with Crippen LogP contribution in [0.4, 0.5) is 0 Å². The molecule has 0 bridgehead atoms. The normalized spacial score (nSPS) is 19.0. The predicted octanol–water partition coefficient (Wildman–Crippen LogP) is 2.59. The second kappa shape index (κ2) is 6.27. The zero-order chi connectivity index (χ0) is 14.7. The van der Waals surface area contributed by atoms with E-state index in [0.717, 1.165) is 25.1 Å². The molecular weight excluding hydrogens is 260 g/mol. The summed E-state index contributed by atoms with van der Waals surface area (Å²) in [7, 11) is 1.79. The molecule has 3 heteroatoms. The van der Waals surface area contributed by atoms with Crippen LogP contribution in [0, 0.1) is 0 Å². The Kier molecular flexibility index (Phi) is 4.20. The molecule has 3 nitrogen and oxygen atoms in total. The van der Waals surface area contributed by atoms with E-state index in [4.69, 9.17) is 0 Å². The Hall–Kier alpha value is -1.87. The Bertz CT molecular complexity index is 648. The zero-order valence-electron chi connectivity index (χ0n) is 12.5. The van der Waals surface area contributed by atoms with Crippen LogP contribution in [0.3, 0.4) is 0 Å². The van der Waals surface area contributed by atoms with Crippen molar-refractivity contribution in [3.63, 3.8) is 0 Å². The smallest absolute Gasteiger partial charge is 0.250 e. The largest absolute Gasteiger partial charge is 0.319 e. The quantitative estimate of drug-likeness (QED) is 0.861. The molecule has 1 atom stereocenters. The van der Waals surface area contributed by atoms with Gasteiger partial charge in [-0.1, -0.05) is 30.3 Å². The highest BCUT2D eigenvalue weighted by Crippen LogP contribution is 2.22. The van der Waals surface area contributed by atoms with Gasteiger partial charge in [-0.25, -0.2) is 0 Å². The molecule has 1 aliphatic heterocycles. The Morgan fingerprint density at radius 2 is 1.95 bits per heavy atom. The predicted molar refractivity (Wildman–Crippen MR) is 85.3 cm³/mol. The molecule has 3 rings (SSSR count). The minimum absolute atomic E-state index is 0.0753. The molecule has 1 aromatic heterocycles. The summed E-state index contributed by atoms with van der Waals surface area (Å²) in [5.74, 6) is 0. The minimum Gasteiger partial charge on any atom is -0.319 e. The number of aromatic nitrogens is 1. The average molecular weight is 282 g/mol. The molecule has 0 unspecified atom stereocenters. The maximum atomic E-state index is 11.7. The second-order valence-corrected chi connectivity index (χ2v) is 5.94. The van der Waals surface area contributed by atoms with Gasteiger partial charge in [0.2, 0.25) is 0 Å². The maximum absolute atomic E-state index is 11.7. The van der Waals surface area contributed by atoms with Crippen molar-refractivity contribution < 1.29 is 0 Å². The third kappa shape index (κ3) is 3.42. The highest BCUT2D eigenvalue weighted by Gasteiger charge is 2.24. The van der Waals surface area contributed by atoms with Crippen molar-refractivity contribution in [1.29, 1.82) is 0 Å². The number of pyridine rings is 1. The first-order chi connectivity index (χ1) is 10.2. The van der Waals surface area contributed by atoms with Gasteiger partial charge in [-0.05, 0) is 43.0 Å². The molecule has 1 aliphatic rings. The van der Waals surface area contributed by atoms with Crippen LogP contribution in [0.25, 0.3) is 0 Å². The Labute approximate surface area is 125 Å². The first kappa shape index (κ1) is 14.1. The lowest BCUT2D eigenvalue weighted by Crippen LogP contribution is -2.31. The molecule has 2 heterocycles. The molecule has 2 aromatic rings. The van der Waals surface area contributed by atoms with Crippen molar-refractivity contribution in [1.82, 2.24) is 9.47 Å². The van der Waals surface area contributed by atoms with Crippen LogP contribution in [0.2, 0.25) is 0 Å². The van der Waals surface area contributed by atoms with Gasteiger partial charge in [-0.3, -0.25) is 9.69 Å². The van der Waals surface area contributed by atoms with Gasteiger partial charge in [0.25, 0.3) is 5.56 Å². The van der Waals surface area contributed by atoms with Gasteiger partial charge in [-0.2, -0.15) is 0 Å². The SMILES string of the molecule is Cn1ccc(CN2CCC[C@H]2Cc2ccccc2)cc1=O. The third-order valence-corrected chi connectivity index (χ3v) is 4.37. The number of rotatable bonds is 4. The summed E-state index contributed by atoms with van der Waals surface area (Å²) in [6.07, 6.45) is 5.47. The summed E-state index contributed by atoms with van der Waals surface area (Å²) in [5.41, 5.74) is 2.60. The molecule has 1 aromatic carbocycles. The fourth-order valence-electron chi connectivity index (χ4n) is 3.14. The summed E-state index contributed by atoms with van der Waals surface area (Å²) in [4.78, 5) is 14.2. The molecule has 1 fully saturated rings. The molecule has 0 spiro atoms. The van der Waals surface area contributed by atoms with Crippen molar-refractivity contribution in [2.75, 3.05) is 6.54 Å². The highest BCUT2D eigenvalue weighted by molar-refractivity contribution is 5.17. The highest BCUT2D eigenvalue weighted by atomic mass is 16.1. The van der Waals surface area contributed by atoms with Crippen molar-refractivity contribution in [2.45, 2.75) is 31.8 Å². The van der Waals surface area contributed by atoms with Crippen LogP contribution in [0.5, 0.6) is 0 Å². The summed E-state index contributed by atoms with van der Waals surface area (Å²) in [5, 5.41) is 0. The Morgan fingerprint density at radius 1 is 1.14 bits per heavy atom. The van der Waals surface area contributed by atoms with Gasteiger partial charge in [-0.15, -0.1) is 0 Å². The zero-order valence-corrected chi connectivity index (χ0v) is 12.5. The number of hydrogen-bond donors (Lipinski definition) is 0. The van der Waals surface area contributed by atoms with E-state index in [1.54, 1.807) is 17.7 Å². The lowest BCUT2D eigenvalue weighted by molar-refractivity contribution is 0.244. The molecule has 0 N–H and O–H groups in total. The lowest BCUT2D eigenvalue weighted by atomic mass is 10.0. The maximum Gasteiger partial charge on any atom is 0.250 e. The van der Waals surface area contributed by atoms with Crippen molar-refractivity contribution in [3.05, 3.63) is 70.1 Å². The van der Waals surface area contributed by atoms with E-state index < -0.39 is 0 Å². The number of aryl methyl sites for hydroxylation is 1. The van der Waals surface area contributed by atoms with Crippen LogP contribution < -0.4 is 5.56 Å². The molecule has 1 saturated heterocycles. The van der Waals surface area contributed by atoms with Crippen molar-refractivity contribution >= 4 is 0 Å². The first-order valence-corrected chi connectivity index (χ1v) is 7.66. The molecule has 0 radical (unpaired) electrons. The first-order valence-electron chi connectivity index (χ1n) is 7.66. The topological polar surface area (TPSA) is 25.2 Å². The van der Waals surface area contributed by atoms with Crippen LogP contribution >= 0.6 is 0 Å². The number of nitrogens with zero attached hydrogens (tertiary/aromatic N) is 2. The average Bonchev–Trinajstić information content (AvgIpc) is 2.91. The summed E-state index contributed by atoms with van der Waals surface area (Å²) in [6.45, 7) is 2.01. The number of hydrogen-bond acceptors (Lipinski definition) is 2. The van der Waals surface area contributed by atoms with Gasteiger partial charge < -0.3 is 4.57 Å². The van der Waals surface area contributed by atoms with Gasteiger partial charge >= 0.3 is 0 Å². The molecule has 21 heavy (non-hydrogen) atoms. The van der Waals surface area contributed by atoms with Gasteiger partial charge in [0.05, 0.1) is 0 Å². The van der Waals surface area contributed by atoms with E-state index in [1.807, 2.05) is 6.20 Å². The van der Waals surface area contributed by atoms with Crippen LogP contribution in [0.1, 0.15) is 24.0 Å². The van der Waals surface area contributed by atoms with Crippen LogP contribution in [-0.2, 0) is 20.0 Å². The summed E-state index contributed by atoms with van der Waals surface area (Å²) >= 11 is 0. The van der Waals surface area contributed by atoms with E-state index in [-0.39, 0.29) is 5.56 Å². The molecule has 110 valence electrons. The lowest BCUT2D eigenvalue weighted by Gasteiger charge is -2.24.